The third-order valence-electron chi connectivity index (χ3n) is 6.50. The number of carbonyl (C=O) groups excluding carboxylic acids is 2. The average Bonchev–Trinajstić information content (AvgIpc) is 3.03. The number of rotatable bonds is 1. The molecule has 0 aromatic heterocycles. The molecule has 166 valence electrons. The van der Waals surface area contributed by atoms with Gasteiger partial charge in [-0.05, 0) is 49.6 Å². The molecule has 1 unspecified atom stereocenters. The maximum Gasteiger partial charge on any atom is 0.245 e. The predicted octanol–water partition coefficient (Wildman–Crippen LogP) is 5.37. The van der Waals surface area contributed by atoms with E-state index in [0.717, 1.165) is 0 Å². The van der Waals surface area contributed by atoms with Crippen molar-refractivity contribution in [3.05, 3.63) is 79.2 Å². The standard InChI is InChI=1S/C24H17Cl3N4O2/c1-11-17(27)6-5-15-21(11)30-23(33)24(15)16(10-28)22(29)31(14-8-12(25)7-13(26)9-14)18-3-2-4-19(32)20(18)24/h5-9H,2-4,29H2,1H3,(H,30,33). The molecule has 1 spiro atoms. The van der Waals surface area contributed by atoms with E-state index in [2.05, 4.69) is 11.4 Å². The van der Waals surface area contributed by atoms with Gasteiger partial charge in [0.05, 0.1) is 16.9 Å². The Hall–Kier alpha value is -2.98. The number of amides is 1. The molecule has 1 atom stereocenters. The molecule has 0 bridgehead atoms. The molecule has 3 aliphatic rings. The first kappa shape index (κ1) is 21.8. The molecule has 0 fully saturated rings. The highest BCUT2D eigenvalue weighted by Crippen LogP contribution is 2.56. The monoisotopic (exact) mass is 498 g/mol. The molecule has 1 aliphatic carbocycles. The number of nitriles is 1. The summed E-state index contributed by atoms with van der Waals surface area (Å²) in [5.41, 5.74) is 7.93. The number of nitrogens with zero attached hydrogens (tertiary/aromatic N) is 2. The van der Waals surface area contributed by atoms with Gasteiger partial charge in [-0.15, -0.1) is 0 Å². The van der Waals surface area contributed by atoms with E-state index in [1.54, 1.807) is 42.2 Å². The predicted molar refractivity (Wildman–Crippen MR) is 128 cm³/mol. The Morgan fingerprint density at radius 3 is 2.48 bits per heavy atom. The summed E-state index contributed by atoms with van der Waals surface area (Å²) in [5.74, 6) is -0.640. The van der Waals surface area contributed by atoms with Crippen LogP contribution in [-0.2, 0) is 15.0 Å². The number of ketones is 1. The van der Waals surface area contributed by atoms with Gasteiger partial charge in [-0.25, -0.2) is 0 Å². The van der Waals surface area contributed by atoms with Gasteiger partial charge in [-0.2, -0.15) is 5.26 Å². The number of carbonyl (C=O) groups is 2. The number of nitrogens with two attached hydrogens (primary N) is 1. The lowest BCUT2D eigenvalue weighted by molar-refractivity contribution is -0.122. The maximum atomic E-state index is 13.7. The first-order chi connectivity index (χ1) is 15.7. The number of Topliss-reactive ketones (excluding diaryl/α,β-unsaturated/α-hetero) is 1. The molecule has 9 heteroatoms. The van der Waals surface area contributed by atoms with E-state index in [1.807, 2.05) is 0 Å². The highest BCUT2D eigenvalue weighted by atomic mass is 35.5. The van der Waals surface area contributed by atoms with Crippen molar-refractivity contribution < 1.29 is 9.59 Å². The van der Waals surface area contributed by atoms with Gasteiger partial charge >= 0.3 is 0 Å². The van der Waals surface area contributed by atoms with Crippen LogP contribution in [0.1, 0.15) is 30.4 Å². The summed E-state index contributed by atoms with van der Waals surface area (Å²) in [6.45, 7) is 1.78. The molecule has 2 aliphatic heterocycles. The molecule has 2 aromatic carbocycles. The molecule has 2 heterocycles. The van der Waals surface area contributed by atoms with Gasteiger partial charge in [0.25, 0.3) is 0 Å². The zero-order valence-electron chi connectivity index (χ0n) is 17.4. The van der Waals surface area contributed by atoms with Gasteiger partial charge in [-0.1, -0.05) is 40.9 Å². The topological polar surface area (TPSA) is 99.2 Å². The minimum atomic E-state index is -1.64. The molecule has 1 amide bonds. The molecule has 2 aromatic rings. The van der Waals surface area contributed by atoms with Crippen molar-refractivity contribution in [1.82, 2.24) is 0 Å². The van der Waals surface area contributed by atoms with Crippen molar-refractivity contribution in [2.45, 2.75) is 31.6 Å². The SMILES string of the molecule is Cc1c(Cl)ccc2c1NC(=O)C21C(C#N)=C(N)N(c2cc(Cl)cc(Cl)c2)C2=C1C(=O)CCC2. The second kappa shape index (κ2) is 7.53. The number of hydrogen-bond acceptors (Lipinski definition) is 5. The lowest BCUT2D eigenvalue weighted by Crippen LogP contribution is -2.50. The summed E-state index contributed by atoms with van der Waals surface area (Å²) in [6, 6.07) is 10.4. The summed E-state index contributed by atoms with van der Waals surface area (Å²) in [7, 11) is 0. The summed E-state index contributed by atoms with van der Waals surface area (Å²) in [6.07, 6.45) is 1.34. The minimum Gasteiger partial charge on any atom is -0.384 e. The number of fused-ring (bicyclic) bond motifs is 3. The van der Waals surface area contributed by atoms with Crippen LogP contribution in [0.3, 0.4) is 0 Å². The van der Waals surface area contributed by atoms with E-state index >= 15 is 0 Å². The number of allylic oxidation sites excluding steroid dienone is 1. The van der Waals surface area contributed by atoms with Crippen molar-refractivity contribution >= 4 is 57.9 Å². The van der Waals surface area contributed by atoms with E-state index in [4.69, 9.17) is 40.5 Å². The Labute approximate surface area is 205 Å². The quantitative estimate of drug-likeness (QED) is 0.550. The van der Waals surface area contributed by atoms with Crippen LogP contribution in [0.25, 0.3) is 0 Å². The van der Waals surface area contributed by atoms with E-state index in [-0.39, 0.29) is 29.2 Å². The van der Waals surface area contributed by atoms with Crippen molar-refractivity contribution in [2.24, 2.45) is 5.73 Å². The number of halogens is 3. The molecule has 33 heavy (non-hydrogen) atoms. The fourth-order valence-electron chi connectivity index (χ4n) is 5.14. The Balaban J connectivity index is 1.90. The van der Waals surface area contributed by atoms with E-state index < -0.39 is 11.3 Å². The van der Waals surface area contributed by atoms with E-state index in [0.29, 0.717) is 56.1 Å². The molecule has 0 radical (unpaired) electrons. The third-order valence-corrected chi connectivity index (χ3v) is 7.35. The van der Waals surface area contributed by atoms with Gasteiger partial charge < -0.3 is 11.1 Å². The molecule has 6 nitrogen and oxygen atoms in total. The number of anilines is 2. The van der Waals surface area contributed by atoms with Crippen molar-refractivity contribution in [1.29, 1.82) is 5.26 Å². The summed E-state index contributed by atoms with van der Waals surface area (Å²) < 4.78 is 0. The van der Waals surface area contributed by atoms with E-state index in [1.165, 1.54) is 0 Å². The smallest absolute Gasteiger partial charge is 0.245 e. The Bertz CT molecular complexity index is 1370. The molecule has 3 N–H and O–H groups in total. The average molecular weight is 500 g/mol. The number of nitrogens with one attached hydrogen (secondary N) is 1. The highest BCUT2D eigenvalue weighted by molar-refractivity contribution is 6.35. The van der Waals surface area contributed by atoms with Crippen LogP contribution in [0.2, 0.25) is 15.1 Å². The van der Waals surface area contributed by atoms with Gasteiger partial charge in [0, 0.05) is 38.3 Å². The minimum absolute atomic E-state index is 0.0226. The Kier molecular flexibility index (Phi) is 4.98. The zero-order valence-corrected chi connectivity index (χ0v) is 19.7. The van der Waals surface area contributed by atoms with Gasteiger partial charge in [0.15, 0.2) is 5.78 Å². The Morgan fingerprint density at radius 2 is 1.82 bits per heavy atom. The van der Waals surface area contributed by atoms with Crippen molar-refractivity contribution in [3.63, 3.8) is 0 Å². The van der Waals surface area contributed by atoms with Crippen LogP contribution in [0.15, 0.2) is 53.0 Å². The van der Waals surface area contributed by atoms with Crippen molar-refractivity contribution in [3.8, 4) is 6.07 Å². The number of benzene rings is 2. The van der Waals surface area contributed by atoms with Crippen LogP contribution in [0, 0.1) is 18.3 Å². The molecular formula is C24H17Cl3N4O2. The fraction of sp³-hybridized carbons (Fsp3) is 0.208. The molecule has 0 saturated carbocycles. The van der Waals surface area contributed by atoms with Gasteiger partial charge in [0.1, 0.15) is 17.3 Å². The maximum absolute atomic E-state index is 13.7. The first-order valence-electron chi connectivity index (χ1n) is 10.3. The lowest BCUT2D eigenvalue weighted by Gasteiger charge is -2.43. The van der Waals surface area contributed by atoms with Crippen LogP contribution < -0.4 is 16.0 Å². The number of hydrogen-bond donors (Lipinski definition) is 2. The second-order valence-electron chi connectivity index (χ2n) is 8.23. The van der Waals surface area contributed by atoms with Gasteiger partial charge in [0.2, 0.25) is 5.91 Å². The fourth-order valence-corrected chi connectivity index (χ4v) is 5.81. The van der Waals surface area contributed by atoms with Crippen LogP contribution in [0.5, 0.6) is 0 Å². The summed E-state index contributed by atoms with van der Waals surface area (Å²) in [4.78, 5) is 28.8. The molecular weight excluding hydrogens is 483 g/mol. The second-order valence-corrected chi connectivity index (χ2v) is 9.51. The normalized spacial score (nSPS) is 21.8. The van der Waals surface area contributed by atoms with Crippen LogP contribution >= 0.6 is 34.8 Å². The van der Waals surface area contributed by atoms with Crippen molar-refractivity contribution in [2.75, 3.05) is 10.2 Å². The largest absolute Gasteiger partial charge is 0.384 e. The van der Waals surface area contributed by atoms with Gasteiger partial charge in [-0.3, -0.25) is 14.5 Å². The summed E-state index contributed by atoms with van der Waals surface area (Å²) in [5, 5.41) is 14.4. The lowest BCUT2D eigenvalue weighted by atomic mass is 9.63. The zero-order chi connectivity index (χ0) is 23.7. The summed E-state index contributed by atoms with van der Waals surface area (Å²) >= 11 is 18.8. The third kappa shape index (κ3) is 2.86. The molecule has 0 saturated heterocycles. The Morgan fingerprint density at radius 1 is 1.12 bits per heavy atom. The van der Waals surface area contributed by atoms with Crippen LogP contribution in [0.4, 0.5) is 11.4 Å². The van der Waals surface area contributed by atoms with Crippen LogP contribution in [-0.4, -0.2) is 11.7 Å². The first-order valence-corrected chi connectivity index (χ1v) is 11.4. The molecule has 5 rings (SSSR count). The highest BCUT2D eigenvalue weighted by Gasteiger charge is 2.60. The van der Waals surface area contributed by atoms with E-state index in [9.17, 15) is 14.9 Å².